The number of nitrogens with two attached hydrogens (primary N) is 1. The third-order valence-electron chi connectivity index (χ3n) is 7.50. The fraction of sp³-hybridized carbons (Fsp3) is 0.407. The highest BCUT2D eigenvalue weighted by Gasteiger charge is 2.35. The molecular formula is C27H31Cl2N3O6. The number of aromatic nitrogens is 1. The molecular weight excluding hydrogens is 533 g/mol. The monoisotopic (exact) mass is 563 g/mol. The standard InChI is InChI=1S/C27H29N3O6.2ClH/c1-33-20-10-16-19(13-21(20)34-2)27(32)30(7-3-6-29-8-4-15(28)5-9-29)25-17-11-22-23(36-14-35-22)12-18(17)26(31)24(16)25;;/h10-13,15H,3-9,14,28H2,1-2H3;2*1H. The zero-order valence-electron chi connectivity index (χ0n) is 21.3. The quantitative estimate of drug-likeness (QED) is 0.379. The van der Waals surface area contributed by atoms with Crippen LogP contribution in [0.3, 0.4) is 0 Å². The van der Waals surface area contributed by atoms with Crippen LogP contribution in [0, 0.1) is 0 Å². The topological polar surface area (TPSA) is 105 Å². The maximum absolute atomic E-state index is 13.9. The number of piperidine rings is 1. The van der Waals surface area contributed by atoms with Gasteiger partial charge in [0, 0.05) is 29.1 Å². The number of carbonyl (C=O) groups is 1. The van der Waals surface area contributed by atoms with Gasteiger partial charge in [-0.15, -0.1) is 24.8 Å². The number of halogens is 2. The van der Waals surface area contributed by atoms with E-state index in [4.69, 9.17) is 24.7 Å². The molecule has 0 bridgehead atoms. The fourth-order valence-corrected chi connectivity index (χ4v) is 5.58. The molecule has 0 amide bonds. The minimum Gasteiger partial charge on any atom is -0.493 e. The second-order valence-corrected chi connectivity index (χ2v) is 9.55. The number of ether oxygens (including phenoxy) is 4. The summed E-state index contributed by atoms with van der Waals surface area (Å²) in [6.07, 6.45) is 2.75. The number of nitrogens with zero attached hydrogens (tertiary/aromatic N) is 2. The molecule has 204 valence electrons. The van der Waals surface area contributed by atoms with E-state index in [2.05, 4.69) is 4.90 Å². The first-order chi connectivity index (χ1) is 17.5. The number of ketones is 1. The molecule has 2 aromatic carbocycles. The first kappa shape index (κ1) is 28.0. The molecule has 1 saturated heterocycles. The zero-order valence-corrected chi connectivity index (χ0v) is 22.9. The number of methoxy groups -OCH3 is 2. The molecule has 0 saturated carbocycles. The summed E-state index contributed by atoms with van der Waals surface area (Å²) >= 11 is 0. The highest BCUT2D eigenvalue weighted by molar-refractivity contribution is 6.27. The average molecular weight is 564 g/mol. The highest BCUT2D eigenvalue weighted by atomic mass is 35.5. The second kappa shape index (κ2) is 11.0. The van der Waals surface area contributed by atoms with Crippen LogP contribution in [0.1, 0.15) is 35.2 Å². The Morgan fingerprint density at radius 1 is 0.895 bits per heavy atom. The molecule has 0 unspecified atom stereocenters. The fourth-order valence-electron chi connectivity index (χ4n) is 5.58. The van der Waals surface area contributed by atoms with Crippen LogP contribution in [0.15, 0.2) is 29.1 Å². The summed E-state index contributed by atoms with van der Waals surface area (Å²) in [6, 6.07) is 7.20. The van der Waals surface area contributed by atoms with Gasteiger partial charge in [-0.25, -0.2) is 0 Å². The normalized spacial score (nSPS) is 16.0. The summed E-state index contributed by atoms with van der Waals surface area (Å²) in [5, 5.41) is 0.980. The van der Waals surface area contributed by atoms with Crippen molar-refractivity contribution in [3.63, 3.8) is 0 Å². The molecule has 0 spiro atoms. The Balaban J connectivity index is 0.00000168. The molecule has 6 rings (SSSR count). The maximum atomic E-state index is 13.9. The summed E-state index contributed by atoms with van der Waals surface area (Å²) in [4.78, 5) is 30.1. The van der Waals surface area contributed by atoms with Gasteiger partial charge in [0.1, 0.15) is 0 Å². The Hall–Kier alpha value is -2.98. The first-order valence-electron chi connectivity index (χ1n) is 12.3. The smallest absolute Gasteiger partial charge is 0.259 e. The number of benzene rings is 2. The lowest BCUT2D eigenvalue weighted by molar-refractivity contribution is 0.104. The molecule has 3 heterocycles. The van der Waals surface area contributed by atoms with Crippen LogP contribution < -0.4 is 30.2 Å². The molecule has 2 aliphatic heterocycles. The van der Waals surface area contributed by atoms with Crippen molar-refractivity contribution in [2.45, 2.75) is 31.8 Å². The molecule has 3 aliphatic rings. The first-order valence-corrected chi connectivity index (χ1v) is 12.3. The summed E-state index contributed by atoms with van der Waals surface area (Å²) in [5.41, 5.74) is 8.20. The molecule has 1 aromatic heterocycles. The van der Waals surface area contributed by atoms with Crippen molar-refractivity contribution in [1.82, 2.24) is 9.47 Å². The molecule has 1 aliphatic carbocycles. The third kappa shape index (κ3) is 4.47. The Bertz CT molecular complexity index is 1450. The van der Waals surface area contributed by atoms with E-state index in [0.717, 1.165) is 38.9 Å². The highest BCUT2D eigenvalue weighted by Crippen LogP contribution is 2.46. The third-order valence-corrected chi connectivity index (χ3v) is 7.50. The maximum Gasteiger partial charge on any atom is 0.259 e. The van der Waals surface area contributed by atoms with E-state index in [9.17, 15) is 9.59 Å². The van der Waals surface area contributed by atoms with Crippen LogP contribution in [-0.2, 0) is 6.54 Å². The predicted octanol–water partition coefficient (Wildman–Crippen LogP) is 3.62. The summed E-state index contributed by atoms with van der Waals surface area (Å²) < 4.78 is 23.8. The number of rotatable bonds is 6. The lowest BCUT2D eigenvalue weighted by atomic mass is 10.0. The number of likely N-dealkylation sites (tertiary alicyclic amines) is 1. The van der Waals surface area contributed by atoms with Crippen molar-refractivity contribution in [3.05, 3.63) is 45.7 Å². The Morgan fingerprint density at radius 3 is 2.13 bits per heavy atom. The van der Waals surface area contributed by atoms with Gasteiger partial charge in [-0.05, 0) is 63.2 Å². The van der Waals surface area contributed by atoms with Crippen LogP contribution in [0.5, 0.6) is 23.0 Å². The van der Waals surface area contributed by atoms with Crippen LogP contribution >= 0.6 is 24.8 Å². The van der Waals surface area contributed by atoms with E-state index in [1.807, 2.05) is 6.07 Å². The molecule has 11 heteroatoms. The van der Waals surface area contributed by atoms with Gasteiger partial charge < -0.3 is 34.1 Å². The zero-order chi connectivity index (χ0) is 25.0. The van der Waals surface area contributed by atoms with Crippen LogP contribution in [0.4, 0.5) is 0 Å². The van der Waals surface area contributed by atoms with Crippen LogP contribution in [0.25, 0.3) is 22.0 Å². The minimum absolute atomic E-state index is 0. The van der Waals surface area contributed by atoms with Crippen molar-refractivity contribution in [1.29, 1.82) is 0 Å². The van der Waals surface area contributed by atoms with E-state index in [-0.39, 0.29) is 49.0 Å². The Kier molecular flexibility index (Phi) is 8.13. The lowest BCUT2D eigenvalue weighted by Gasteiger charge is -2.30. The second-order valence-electron chi connectivity index (χ2n) is 9.55. The van der Waals surface area contributed by atoms with E-state index in [1.54, 1.807) is 22.8 Å². The molecule has 3 aromatic rings. The van der Waals surface area contributed by atoms with Crippen molar-refractivity contribution in [2.24, 2.45) is 5.73 Å². The minimum atomic E-state index is -0.163. The van der Waals surface area contributed by atoms with Gasteiger partial charge in [0.2, 0.25) is 6.79 Å². The van der Waals surface area contributed by atoms with Gasteiger partial charge in [0.15, 0.2) is 28.8 Å². The van der Waals surface area contributed by atoms with Gasteiger partial charge in [0.25, 0.3) is 5.56 Å². The van der Waals surface area contributed by atoms with Crippen molar-refractivity contribution in [2.75, 3.05) is 40.6 Å². The van der Waals surface area contributed by atoms with Gasteiger partial charge in [-0.3, -0.25) is 9.59 Å². The molecule has 0 radical (unpaired) electrons. The number of fused-ring (bicyclic) bond motifs is 6. The summed E-state index contributed by atoms with van der Waals surface area (Å²) in [7, 11) is 3.07. The van der Waals surface area contributed by atoms with Gasteiger partial charge in [-0.2, -0.15) is 0 Å². The largest absolute Gasteiger partial charge is 0.493 e. The van der Waals surface area contributed by atoms with Crippen molar-refractivity contribution in [3.8, 4) is 34.3 Å². The number of hydrogen-bond acceptors (Lipinski definition) is 8. The number of carbonyl (C=O) groups excluding carboxylic acids is 1. The van der Waals surface area contributed by atoms with Gasteiger partial charge >= 0.3 is 0 Å². The number of pyridine rings is 1. The SMILES string of the molecule is COc1cc2c3c(n(CCCN4CCC(N)CC4)c(=O)c2cc1OC)-c1cc2c(cc1C3=O)OCO2.Cl.Cl. The Labute approximate surface area is 232 Å². The predicted molar refractivity (Wildman–Crippen MR) is 149 cm³/mol. The Morgan fingerprint density at radius 2 is 1.50 bits per heavy atom. The van der Waals surface area contributed by atoms with Crippen LogP contribution in [-0.4, -0.2) is 61.9 Å². The van der Waals surface area contributed by atoms with E-state index >= 15 is 0 Å². The van der Waals surface area contributed by atoms with Gasteiger partial charge in [-0.1, -0.05) is 0 Å². The van der Waals surface area contributed by atoms with Crippen LogP contribution in [0.2, 0.25) is 0 Å². The van der Waals surface area contributed by atoms with E-state index in [1.165, 1.54) is 14.2 Å². The molecule has 0 atom stereocenters. The van der Waals surface area contributed by atoms with Crippen molar-refractivity contribution >= 4 is 41.4 Å². The number of hydrogen-bond donors (Lipinski definition) is 1. The lowest BCUT2D eigenvalue weighted by Crippen LogP contribution is -2.40. The molecule has 38 heavy (non-hydrogen) atoms. The molecule has 1 fully saturated rings. The summed E-state index contributed by atoms with van der Waals surface area (Å²) in [5.74, 6) is 1.88. The van der Waals surface area contributed by atoms with Crippen molar-refractivity contribution < 1.29 is 23.7 Å². The van der Waals surface area contributed by atoms with E-state index < -0.39 is 0 Å². The van der Waals surface area contributed by atoms with E-state index in [0.29, 0.717) is 62.7 Å². The average Bonchev–Trinajstić information content (AvgIpc) is 3.47. The molecule has 9 nitrogen and oxygen atoms in total. The molecule has 2 N–H and O–H groups in total. The van der Waals surface area contributed by atoms with Gasteiger partial charge in [0.05, 0.1) is 30.9 Å². The summed E-state index contributed by atoms with van der Waals surface area (Å²) in [6.45, 7) is 3.39.